The highest BCUT2D eigenvalue weighted by Gasteiger charge is 2.39. The van der Waals surface area contributed by atoms with Crippen LogP contribution in [0.2, 0.25) is 0 Å². The summed E-state index contributed by atoms with van der Waals surface area (Å²) in [5, 5.41) is 0. The van der Waals surface area contributed by atoms with Crippen molar-refractivity contribution in [3.63, 3.8) is 0 Å². The average molecular weight is 217 g/mol. The van der Waals surface area contributed by atoms with E-state index in [0.29, 0.717) is 6.42 Å². The number of halogens is 1. The normalized spacial score (nSPS) is 26.7. The molecule has 0 aromatic carbocycles. The summed E-state index contributed by atoms with van der Waals surface area (Å²) in [6.45, 7) is 1.79. The van der Waals surface area contributed by atoms with Crippen LogP contribution >= 0.6 is 15.9 Å². The van der Waals surface area contributed by atoms with E-state index >= 15 is 0 Å². The zero-order valence-corrected chi connectivity index (χ0v) is 7.85. The van der Waals surface area contributed by atoms with Gasteiger partial charge in [0.05, 0.1) is 5.92 Å². The maximum atomic E-state index is 10.7. The zero-order chi connectivity index (χ0) is 8.27. The van der Waals surface area contributed by atoms with Gasteiger partial charge in [-0.1, -0.05) is 12.8 Å². The van der Waals surface area contributed by atoms with Gasteiger partial charge in [-0.15, -0.1) is 0 Å². The molecule has 0 radical (unpaired) electrons. The van der Waals surface area contributed by atoms with Crippen molar-refractivity contribution in [3.05, 3.63) is 0 Å². The summed E-state index contributed by atoms with van der Waals surface area (Å²) in [6, 6.07) is 0. The molecule has 1 saturated carbocycles. The van der Waals surface area contributed by atoms with Crippen molar-refractivity contribution in [1.29, 1.82) is 0 Å². The Morgan fingerprint density at radius 3 is 3.09 bits per heavy atom. The first-order chi connectivity index (χ1) is 5.27. The van der Waals surface area contributed by atoms with Crippen molar-refractivity contribution in [1.82, 2.24) is 0 Å². The van der Waals surface area contributed by atoms with Crippen molar-refractivity contribution < 1.29 is 9.53 Å². The number of ether oxygens (including phenoxy) is 1. The molecule has 0 bridgehead atoms. The van der Waals surface area contributed by atoms with Gasteiger partial charge in [0.15, 0.2) is 0 Å². The van der Waals surface area contributed by atoms with E-state index in [-0.39, 0.29) is 18.0 Å². The smallest absolute Gasteiger partial charge is 0.305 e. The Labute approximate surface area is 74.4 Å². The van der Waals surface area contributed by atoms with Gasteiger partial charge in [-0.05, 0) is 4.83 Å². The Balaban J connectivity index is 2.21. The summed E-state index contributed by atoms with van der Waals surface area (Å²) in [5.74, 6) is 3.03. The summed E-state index contributed by atoms with van der Waals surface area (Å²) < 4.78 is 5.01. The fraction of sp³-hybridized carbons (Fsp3) is 0.625. The summed E-state index contributed by atoms with van der Waals surface area (Å²) in [6.07, 6.45) is 1.41. The van der Waals surface area contributed by atoms with Gasteiger partial charge in [0.2, 0.25) is 0 Å². The van der Waals surface area contributed by atoms with Crippen LogP contribution in [0.5, 0.6) is 0 Å². The molecule has 0 heterocycles. The van der Waals surface area contributed by atoms with E-state index in [1.54, 1.807) is 6.92 Å². The first-order valence-corrected chi connectivity index (χ1v) is 4.38. The molecule has 0 saturated heterocycles. The second-order valence-corrected chi connectivity index (χ2v) is 2.86. The average Bonchev–Trinajstić information content (AvgIpc) is 2.69. The van der Waals surface area contributed by atoms with E-state index in [1.807, 2.05) is 0 Å². The largest absolute Gasteiger partial charge is 0.461 e. The molecule has 0 spiro atoms. The molecular weight excluding hydrogens is 208 g/mol. The number of hydrogen-bond acceptors (Lipinski definition) is 2. The minimum absolute atomic E-state index is 0.0625. The zero-order valence-electron chi connectivity index (χ0n) is 6.26. The molecule has 0 N–H and O–H groups in total. The highest BCUT2D eigenvalue weighted by atomic mass is 79.9. The quantitative estimate of drug-likeness (QED) is 0.519. The predicted molar refractivity (Wildman–Crippen MR) is 45.0 cm³/mol. The second kappa shape index (κ2) is 3.77. The molecule has 0 unspecified atom stereocenters. The van der Waals surface area contributed by atoms with Crippen LogP contribution in [0.1, 0.15) is 19.8 Å². The van der Waals surface area contributed by atoms with Crippen molar-refractivity contribution in [2.24, 2.45) is 5.92 Å². The molecule has 0 aliphatic heterocycles. The third-order valence-corrected chi connectivity index (χ3v) is 1.77. The minimum Gasteiger partial charge on any atom is -0.461 e. The Morgan fingerprint density at radius 2 is 2.55 bits per heavy atom. The van der Waals surface area contributed by atoms with Gasteiger partial charge in [0, 0.05) is 28.8 Å². The van der Waals surface area contributed by atoms with E-state index in [0.717, 1.165) is 6.42 Å². The summed E-state index contributed by atoms with van der Waals surface area (Å²) in [5.41, 5.74) is 0. The maximum Gasteiger partial charge on any atom is 0.305 e. The van der Waals surface area contributed by atoms with Crippen LogP contribution in [0, 0.1) is 16.7 Å². The van der Waals surface area contributed by atoms with Crippen molar-refractivity contribution in [2.75, 3.05) is 0 Å². The highest BCUT2D eigenvalue weighted by Crippen LogP contribution is 2.33. The molecule has 3 heteroatoms. The van der Waals surface area contributed by atoms with Gasteiger partial charge in [-0.2, -0.15) is 0 Å². The standard InChI is InChI=1S/C8H9BrO2/c1-2-8(10)11-7-5-6(7)3-4-9/h6-7H,2,5H2,1H3/t6-,7+/m1/s1. The molecule has 1 aliphatic rings. The molecule has 60 valence electrons. The lowest BCUT2D eigenvalue weighted by Gasteiger charge is -1.97. The monoisotopic (exact) mass is 216 g/mol. The fourth-order valence-electron chi connectivity index (χ4n) is 0.776. The molecule has 1 fully saturated rings. The third kappa shape index (κ3) is 2.55. The lowest BCUT2D eigenvalue weighted by atomic mass is 10.4. The maximum absolute atomic E-state index is 10.7. The van der Waals surface area contributed by atoms with E-state index < -0.39 is 0 Å². The Kier molecular flexibility index (Phi) is 2.95. The number of rotatable bonds is 2. The molecule has 2 nitrogen and oxygen atoms in total. The molecule has 0 aromatic rings. The van der Waals surface area contributed by atoms with Gasteiger partial charge in [-0.25, -0.2) is 0 Å². The van der Waals surface area contributed by atoms with E-state index in [1.165, 1.54) is 0 Å². The number of carbonyl (C=O) groups excluding carboxylic acids is 1. The molecule has 1 aliphatic carbocycles. The highest BCUT2D eigenvalue weighted by molar-refractivity contribution is 9.12. The topological polar surface area (TPSA) is 26.3 Å². The SMILES string of the molecule is CCC(=O)O[C@H]1C[C@H]1C#CBr. The van der Waals surface area contributed by atoms with Crippen LogP contribution in [0.15, 0.2) is 0 Å². The molecule has 2 atom stereocenters. The Morgan fingerprint density at radius 1 is 1.82 bits per heavy atom. The van der Waals surface area contributed by atoms with Gasteiger partial charge >= 0.3 is 5.97 Å². The van der Waals surface area contributed by atoms with Gasteiger partial charge < -0.3 is 4.74 Å². The van der Waals surface area contributed by atoms with Gasteiger partial charge in [0.1, 0.15) is 6.10 Å². The Hall–Kier alpha value is -0.490. The fourth-order valence-corrected chi connectivity index (χ4v) is 1.07. The number of hydrogen-bond donors (Lipinski definition) is 0. The lowest BCUT2D eigenvalue weighted by Crippen LogP contribution is -2.05. The first kappa shape index (κ1) is 8.61. The van der Waals surface area contributed by atoms with Crippen LogP contribution in [0.25, 0.3) is 0 Å². The molecule has 0 amide bonds. The lowest BCUT2D eigenvalue weighted by molar-refractivity contribution is -0.144. The molecule has 11 heavy (non-hydrogen) atoms. The Bertz CT molecular complexity index is 214. The van der Waals surface area contributed by atoms with E-state index in [4.69, 9.17) is 4.74 Å². The van der Waals surface area contributed by atoms with E-state index in [2.05, 4.69) is 26.7 Å². The van der Waals surface area contributed by atoms with Crippen molar-refractivity contribution >= 4 is 21.9 Å². The molecule has 0 aromatic heterocycles. The summed E-state index contributed by atoms with van der Waals surface area (Å²) >= 11 is 3.00. The summed E-state index contributed by atoms with van der Waals surface area (Å²) in [7, 11) is 0. The van der Waals surface area contributed by atoms with Gasteiger partial charge in [-0.3, -0.25) is 4.79 Å². The second-order valence-electron chi connectivity index (χ2n) is 2.46. The predicted octanol–water partition coefficient (Wildman–Crippen LogP) is 1.68. The van der Waals surface area contributed by atoms with Gasteiger partial charge in [0.25, 0.3) is 0 Å². The van der Waals surface area contributed by atoms with Crippen molar-refractivity contribution in [2.45, 2.75) is 25.9 Å². The third-order valence-electron chi connectivity index (χ3n) is 1.54. The number of esters is 1. The van der Waals surface area contributed by atoms with Crippen LogP contribution in [-0.4, -0.2) is 12.1 Å². The van der Waals surface area contributed by atoms with Crippen LogP contribution in [-0.2, 0) is 9.53 Å². The van der Waals surface area contributed by atoms with Crippen LogP contribution in [0.3, 0.4) is 0 Å². The summed E-state index contributed by atoms with van der Waals surface area (Å²) in [4.78, 5) is 13.4. The molecule has 1 rings (SSSR count). The van der Waals surface area contributed by atoms with Crippen LogP contribution < -0.4 is 0 Å². The number of carbonyl (C=O) groups is 1. The first-order valence-electron chi connectivity index (χ1n) is 3.58. The van der Waals surface area contributed by atoms with E-state index in [9.17, 15) is 4.79 Å². The van der Waals surface area contributed by atoms with Crippen molar-refractivity contribution in [3.8, 4) is 10.8 Å². The van der Waals surface area contributed by atoms with Crippen LogP contribution in [0.4, 0.5) is 0 Å². The molecular formula is C8H9BrO2. The minimum atomic E-state index is -0.131.